The van der Waals surface area contributed by atoms with E-state index in [0.717, 1.165) is 44.1 Å². The molecule has 3 rings (SSSR count). The molecule has 1 fully saturated rings. The van der Waals surface area contributed by atoms with Crippen molar-refractivity contribution < 1.29 is 4.79 Å². The number of aromatic nitrogens is 2. The maximum atomic E-state index is 12.3. The molecular formula is C15H20N4O2S2. The molecule has 3 heterocycles. The Morgan fingerprint density at radius 3 is 2.65 bits per heavy atom. The molecular weight excluding hydrogens is 332 g/mol. The first-order valence-electron chi connectivity index (χ1n) is 7.65. The predicted molar refractivity (Wildman–Crippen MR) is 91.9 cm³/mol. The van der Waals surface area contributed by atoms with E-state index in [4.69, 9.17) is 0 Å². The summed E-state index contributed by atoms with van der Waals surface area (Å²) >= 11 is 2.80. The normalized spacial score (nSPS) is 16.0. The number of nitrogens with zero attached hydrogens (tertiary/aromatic N) is 4. The average Bonchev–Trinajstić information content (AvgIpc) is 3.17. The highest BCUT2D eigenvalue weighted by Gasteiger charge is 2.21. The Kier molecular flexibility index (Phi) is 5.24. The first-order valence-corrected chi connectivity index (χ1v) is 9.48. The Bertz CT molecular complexity index is 699. The largest absolute Gasteiger partial charge is 0.340 e. The Labute approximate surface area is 143 Å². The van der Waals surface area contributed by atoms with Crippen molar-refractivity contribution in [2.75, 3.05) is 26.2 Å². The zero-order valence-electron chi connectivity index (χ0n) is 13.1. The maximum Gasteiger partial charge on any atom is 0.307 e. The van der Waals surface area contributed by atoms with Crippen LogP contribution in [-0.4, -0.2) is 51.4 Å². The predicted octanol–water partition coefficient (Wildman–Crippen LogP) is 1.41. The van der Waals surface area contributed by atoms with Crippen LogP contribution >= 0.6 is 22.7 Å². The molecule has 0 aromatic carbocycles. The number of hydrogen-bond acceptors (Lipinski definition) is 6. The maximum absolute atomic E-state index is 12.3. The highest BCUT2D eigenvalue weighted by molar-refractivity contribution is 7.07. The molecule has 2 aromatic rings. The molecule has 2 aromatic heterocycles. The zero-order valence-corrected chi connectivity index (χ0v) is 14.7. The van der Waals surface area contributed by atoms with Crippen molar-refractivity contribution in [2.45, 2.75) is 26.4 Å². The third kappa shape index (κ3) is 4.07. The summed E-state index contributed by atoms with van der Waals surface area (Å²) in [6.45, 7) is 6.49. The van der Waals surface area contributed by atoms with Gasteiger partial charge >= 0.3 is 4.87 Å². The van der Waals surface area contributed by atoms with Crippen molar-refractivity contribution in [3.63, 3.8) is 0 Å². The number of amides is 1. The molecule has 0 radical (unpaired) electrons. The monoisotopic (exact) mass is 352 g/mol. The number of aryl methyl sites for hydroxylation is 1. The summed E-state index contributed by atoms with van der Waals surface area (Å²) in [5.41, 5.74) is 3.88. The summed E-state index contributed by atoms with van der Waals surface area (Å²) in [6, 6.07) is 0. The number of carbonyl (C=O) groups is 1. The quantitative estimate of drug-likeness (QED) is 0.816. The van der Waals surface area contributed by atoms with Gasteiger partial charge in [-0.1, -0.05) is 11.3 Å². The van der Waals surface area contributed by atoms with Crippen LogP contribution < -0.4 is 4.87 Å². The van der Waals surface area contributed by atoms with Gasteiger partial charge in [-0.05, 0) is 6.92 Å². The molecule has 1 aliphatic heterocycles. The van der Waals surface area contributed by atoms with Crippen molar-refractivity contribution in [3.8, 4) is 0 Å². The van der Waals surface area contributed by atoms with Gasteiger partial charge in [-0.2, -0.15) is 0 Å². The van der Waals surface area contributed by atoms with Gasteiger partial charge in [0.15, 0.2) is 0 Å². The zero-order chi connectivity index (χ0) is 16.2. The van der Waals surface area contributed by atoms with Crippen LogP contribution in [0.15, 0.2) is 21.1 Å². The standard InChI is InChI=1S/C15H20N4O2S2/c1-12-9-23-15(21)19(12)3-2-14(20)18-6-4-17(5-7-18)8-13-10-22-11-16-13/h9-11H,2-8H2,1H3. The molecule has 1 amide bonds. The lowest BCUT2D eigenvalue weighted by atomic mass is 10.2. The summed E-state index contributed by atoms with van der Waals surface area (Å²) in [4.78, 5) is 32.5. The molecule has 6 nitrogen and oxygen atoms in total. The SMILES string of the molecule is Cc1csc(=O)n1CCC(=O)N1CCN(Cc2cscn2)CC1. The van der Waals surface area contributed by atoms with Crippen molar-refractivity contribution in [3.05, 3.63) is 37.3 Å². The molecule has 124 valence electrons. The number of thiazole rings is 2. The van der Waals surface area contributed by atoms with E-state index in [2.05, 4.69) is 15.3 Å². The first-order chi connectivity index (χ1) is 11.1. The summed E-state index contributed by atoms with van der Waals surface area (Å²) < 4.78 is 1.68. The van der Waals surface area contributed by atoms with Crippen molar-refractivity contribution in [2.24, 2.45) is 0 Å². The second kappa shape index (κ2) is 7.37. The Morgan fingerprint density at radius 1 is 1.26 bits per heavy atom. The molecule has 0 saturated carbocycles. The van der Waals surface area contributed by atoms with E-state index in [-0.39, 0.29) is 10.8 Å². The van der Waals surface area contributed by atoms with Gasteiger partial charge in [0.25, 0.3) is 0 Å². The second-order valence-corrected chi connectivity index (χ2v) is 7.22. The van der Waals surface area contributed by atoms with Crippen LogP contribution in [-0.2, 0) is 17.9 Å². The van der Waals surface area contributed by atoms with Gasteiger partial charge in [0.05, 0.1) is 11.2 Å². The minimum Gasteiger partial charge on any atom is -0.340 e. The lowest BCUT2D eigenvalue weighted by molar-refractivity contribution is -0.133. The molecule has 23 heavy (non-hydrogen) atoms. The Morgan fingerprint density at radius 2 is 2.04 bits per heavy atom. The molecule has 0 unspecified atom stereocenters. The summed E-state index contributed by atoms with van der Waals surface area (Å²) in [5.74, 6) is 0.135. The van der Waals surface area contributed by atoms with Gasteiger partial charge in [0, 0.05) is 62.1 Å². The molecule has 1 saturated heterocycles. The summed E-state index contributed by atoms with van der Waals surface area (Å²) in [7, 11) is 0. The highest BCUT2D eigenvalue weighted by atomic mass is 32.1. The van der Waals surface area contributed by atoms with Crippen molar-refractivity contribution >= 4 is 28.6 Å². The van der Waals surface area contributed by atoms with Crippen LogP contribution in [0.3, 0.4) is 0 Å². The van der Waals surface area contributed by atoms with Crippen LogP contribution in [0, 0.1) is 6.92 Å². The van der Waals surface area contributed by atoms with Crippen molar-refractivity contribution in [1.82, 2.24) is 19.4 Å². The second-order valence-electron chi connectivity index (χ2n) is 5.68. The minimum absolute atomic E-state index is 0.0170. The van der Waals surface area contributed by atoms with Crippen molar-refractivity contribution in [1.29, 1.82) is 0 Å². The average molecular weight is 352 g/mol. The van der Waals surface area contributed by atoms with E-state index in [0.29, 0.717) is 13.0 Å². The molecule has 0 N–H and O–H groups in total. The fourth-order valence-corrected chi connectivity index (χ4v) is 4.05. The van der Waals surface area contributed by atoms with Crippen LogP contribution in [0.2, 0.25) is 0 Å². The molecule has 8 heteroatoms. The van der Waals surface area contributed by atoms with Crippen LogP contribution in [0.25, 0.3) is 0 Å². The smallest absolute Gasteiger partial charge is 0.307 e. The van der Waals surface area contributed by atoms with Gasteiger partial charge in [-0.15, -0.1) is 11.3 Å². The molecule has 0 spiro atoms. The lowest BCUT2D eigenvalue weighted by Gasteiger charge is -2.34. The third-order valence-corrected chi connectivity index (χ3v) is 5.64. The summed E-state index contributed by atoms with van der Waals surface area (Å²) in [6.07, 6.45) is 0.392. The van der Waals surface area contributed by atoms with Crippen LogP contribution in [0.1, 0.15) is 17.8 Å². The van der Waals surface area contributed by atoms with Gasteiger partial charge in [-0.3, -0.25) is 14.5 Å². The number of rotatable bonds is 5. The number of carbonyl (C=O) groups excluding carboxylic acids is 1. The first kappa shape index (κ1) is 16.4. The molecule has 0 bridgehead atoms. The topological polar surface area (TPSA) is 58.4 Å². The highest BCUT2D eigenvalue weighted by Crippen LogP contribution is 2.10. The fourth-order valence-electron chi connectivity index (χ4n) is 2.74. The van der Waals surface area contributed by atoms with Crippen LogP contribution in [0.4, 0.5) is 0 Å². The number of piperazine rings is 1. The Balaban J connectivity index is 1.46. The Hall–Kier alpha value is -1.51. The van der Waals surface area contributed by atoms with Gasteiger partial charge in [0.1, 0.15) is 0 Å². The van der Waals surface area contributed by atoms with E-state index in [1.165, 1.54) is 11.3 Å². The van der Waals surface area contributed by atoms with E-state index in [1.807, 2.05) is 22.7 Å². The molecule has 0 atom stereocenters. The van der Waals surface area contributed by atoms with E-state index >= 15 is 0 Å². The third-order valence-electron chi connectivity index (χ3n) is 4.12. The fraction of sp³-hybridized carbons (Fsp3) is 0.533. The van der Waals surface area contributed by atoms with Gasteiger partial charge in [-0.25, -0.2) is 4.98 Å². The van der Waals surface area contributed by atoms with Crippen LogP contribution in [0.5, 0.6) is 0 Å². The minimum atomic E-state index is 0.0170. The van der Waals surface area contributed by atoms with E-state index in [1.54, 1.807) is 15.9 Å². The van der Waals surface area contributed by atoms with E-state index in [9.17, 15) is 9.59 Å². The van der Waals surface area contributed by atoms with Gasteiger partial charge < -0.3 is 9.47 Å². The molecule has 1 aliphatic rings. The lowest BCUT2D eigenvalue weighted by Crippen LogP contribution is -2.48. The molecule has 0 aliphatic carbocycles. The van der Waals surface area contributed by atoms with Gasteiger partial charge in [0.2, 0.25) is 5.91 Å². The van der Waals surface area contributed by atoms with E-state index < -0.39 is 0 Å². The number of hydrogen-bond donors (Lipinski definition) is 0. The summed E-state index contributed by atoms with van der Waals surface area (Å²) in [5, 5.41) is 3.91.